The molecule has 0 aliphatic rings. The van der Waals surface area contributed by atoms with Gasteiger partial charge in [0.1, 0.15) is 5.75 Å². The van der Waals surface area contributed by atoms with Gasteiger partial charge in [0.05, 0.1) is 16.4 Å². The maximum absolute atomic E-state index is 12.3. The highest BCUT2D eigenvalue weighted by molar-refractivity contribution is 6.30. The number of nitrogens with zero attached hydrogens (tertiary/aromatic N) is 2. The van der Waals surface area contributed by atoms with Gasteiger partial charge in [-0.25, -0.2) is 0 Å². The maximum atomic E-state index is 12.3. The van der Waals surface area contributed by atoms with Crippen LogP contribution in [0.5, 0.6) is 5.75 Å². The Kier molecular flexibility index (Phi) is 4.22. The molecule has 0 unspecified atom stereocenters. The normalized spacial score (nSPS) is 10.6. The van der Waals surface area contributed by atoms with Crippen LogP contribution in [0, 0.1) is 13.8 Å². The molecule has 0 fully saturated rings. The zero-order valence-electron chi connectivity index (χ0n) is 13.0. The highest BCUT2D eigenvalue weighted by Gasteiger charge is 2.16. The lowest BCUT2D eigenvalue weighted by molar-refractivity contribution is 0.101. The zero-order chi connectivity index (χ0) is 17.3. The fraction of sp³-hybridized carbons (Fsp3) is 0.118. The van der Waals surface area contributed by atoms with Crippen LogP contribution in [0.1, 0.15) is 21.7 Å². The van der Waals surface area contributed by atoms with Crippen LogP contribution in [0.25, 0.3) is 11.3 Å². The van der Waals surface area contributed by atoms with Crippen molar-refractivity contribution < 1.29 is 14.4 Å². The fourth-order valence-electron chi connectivity index (χ4n) is 2.10. The van der Waals surface area contributed by atoms with Gasteiger partial charge in [0.25, 0.3) is 5.91 Å². The number of amides is 1. The molecule has 0 atom stereocenters. The van der Waals surface area contributed by atoms with Crippen molar-refractivity contribution in [3.8, 4) is 17.1 Å². The number of aromatic nitrogens is 2. The molecule has 3 rings (SSSR count). The number of hydrogen-bond donors (Lipinski definition) is 2. The SMILES string of the molecule is Cc1ccc(-c2cc(C(=O)Nc3cc(Cl)cnc3C)no2)cc1O. The van der Waals surface area contributed by atoms with Crippen LogP contribution >= 0.6 is 11.6 Å². The van der Waals surface area contributed by atoms with Crippen molar-refractivity contribution in [3.05, 3.63) is 58.5 Å². The second kappa shape index (κ2) is 6.33. The Hall–Kier alpha value is -2.86. The van der Waals surface area contributed by atoms with E-state index in [1.807, 2.05) is 0 Å². The molecule has 0 saturated carbocycles. The number of pyridine rings is 1. The number of nitrogens with one attached hydrogen (secondary N) is 1. The molecule has 1 amide bonds. The number of carbonyl (C=O) groups is 1. The van der Waals surface area contributed by atoms with Gasteiger partial charge in [0.2, 0.25) is 0 Å². The minimum Gasteiger partial charge on any atom is -0.508 e. The van der Waals surface area contributed by atoms with Gasteiger partial charge >= 0.3 is 0 Å². The van der Waals surface area contributed by atoms with Crippen LogP contribution in [0.3, 0.4) is 0 Å². The number of anilines is 1. The first-order chi connectivity index (χ1) is 11.4. The molecule has 0 aliphatic heterocycles. The van der Waals surface area contributed by atoms with Crippen LogP contribution in [0.4, 0.5) is 5.69 Å². The van der Waals surface area contributed by atoms with Gasteiger partial charge in [0.15, 0.2) is 11.5 Å². The summed E-state index contributed by atoms with van der Waals surface area (Å²) >= 11 is 5.89. The number of aromatic hydroxyl groups is 1. The summed E-state index contributed by atoms with van der Waals surface area (Å²) in [5, 5.41) is 16.7. The number of phenolic OH excluding ortho intramolecular Hbond substituents is 1. The van der Waals surface area contributed by atoms with Crippen molar-refractivity contribution in [2.75, 3.05) is 5.32 Å². The number of aryl methyl sites for hydroxylation is 2. The lowest BCUT2D eigenvalue weighted by atomic mass is 10.1. The Morgan fingerprint density at radius 2 is 2.04 bits per heavy atom. The molecule has 0 bridgehead atoms. The smallest absolute Gasteiger partial charge is 0.277 e. The Bertz CT molecular complexity index is 921. The topological polar surface area (TPSA) is 88.3 Å². The van der Waals surface area contributed by atoms with E-state index in [1.54, 1.807) is 38.1 Å². The molecule has 24 heavy (non-hydrogen) atoms. The summed E-state index contributed by atoms with van der Waals surface area (Å²) in [7, 11) is 0. The molecule has 0 spiro atoms. The molecule has 122 valence electrons. The van der Waals surface area contributed by atoms with Gasteiger partial charge in [0, 0.05) is 17.8 Å². The van der Waals surface area contributed by atoms with Crippen molar-refractivity contribution in [1.29, 1.82) is 0 Å². The molecule has 0 saturated heterocycles. The number of rotatable bonds is 3. The van der Waals surface area contributed by atoms with Gasteiger partial charge < -0.3 is 14.9 Å². The third-order valence-electron chi connectivity index (χ3n) is 3.54. The largest absolute Gasteiger partial charge is 0.508 e. The van der Waals surface area contributed by atoms with Gasteiger partial charge in [-0.2, -0.15) is 0 Å². The summed E-state index contributed by atoms with van der Waals surface area (Å²) in [6, 6.07) is 8.21. The van der Waals surface area contributed by atoms with Crippen LogP contribution in [-0.4, -0.2) is 21.2 Å². The number of phenols is 1. The first-order valence-corrected chi connectivity index (χ1v) is 7.52. The fourth-order valence-corrected chi connectivity index (χ4v) is 2.26. The zero-order valence-corrected chi connectivity index (χ0v) is 13.8. The van der Waals surface area contributed by atoms with E-state index in [1.165, 1.54) is 12.3 Å². The number of halogens is 1. The van der Waals surface area contributed by atoms with Gasteiger partial charge in [-0.1, -0.05) is 28.9 Å². The Labute approximate surface area is 143 Å². The summed E-state index contributed by atoms with van der Waals surface area (Å²) in [4.78, 5) is 16.4. The molecular weight excluding hydrogens is 330 g/mol. The molecule has 1 aromatic carbocycles. The summed E-state index contributed by atoms with van der Waals surface area (Å²) in [5.41, 5.74) is 2.64. The third-order valence-corrected chi connectivity index (χ3v) is 3.74. The van der Waals surface area contributed by atoms with E-state index in [2.05, 4.69) is 15.5 Å². The number of hydrogen-bond acceptors (Lipinski definition) is 5. The van der Waals surface area contributed by atoms with E-state index in [0.29, 0.717) is 27.7 Å². The summed E-state index contributed by atoms with van der Waals surface area (Å²) < 4.78 is 5.19. The molecule has 6 nitrogen and oxygen atoms in total. The predicted molar refractivity (Wildman–Crippen MR) is 90.3 cm³/mol. The highest BCUT2D eigenvalue weighted by Crippen LogP contribution is 2.27. The van der Waals surface area contributed by atoms with E-state index in [4.69, 9.17) is 16.1 Å². The second-order valence-electron chi connectivity index (χ2n) is 5.32. The predicted octanol–water partition coefficient (Wildman–Crippen LogP) is 3.96. The quantitative estimate of drug-likeness (QED) is 0.751. The van der Waals surface area contributed by atoms with Gasteiger partial charge in [-0.3, -0.25) is 9.78 Å². The molecule has 2 aromatic heterocycles. The Balaban J connectivity index is 1.83. The molecule has 2 N–H and O–H groups in total. The summed E-state index contributed by atoms with van der Waals surface area (Å²) in [6.45, 7) is 3.55. The highest BCUT2D eigenvalue weighted by atomic mass is 35.5. The average molecular weight is 344 g/mol. The van der Waals surface area contributed by atoms with Crippen LogP contribution in [0.2, 0.25) is 5.02 Å². The monoisotopic (exact) mass is 343 g/mol. The lowest BCUT2D eigenvalue weighted by Crippen LogP contribution is -2.13. The molecule has 7 heteroatoms. The van der Waals surface area contributed by atoms with Crippen molar-refractivity contribution >= 4 is 23.2 Å². The van der Waals surface area contributed by atoms with Gasteiger partial charge in [-0.15, -0.1) is 0 Å². The second-order valence-corrected chi connectivity index (χ2v) is 5.75. The van der Waals surface area contributed by atoms with Crippen LogP contribution in [-0.2, 0) is 0 Å². The Morgan fingerprint density at radius 1 is 1.25 bits per heavy atom. The lowest BCUT2D eigenvalue weighted by Gasteiger charge is -2.05. The summed E-state index contributed by atoms with van der Waals surface area (Å²) in [6.07, 6.45) is 1.50. The minimum absolute atomic E-state index is 0.115. The molecule has 2 heterocycles. The Morgan fingerprint density at radius 3 is 2.79 bits per heavy atom. The minimum atomic E-state index is -0.437. The van der Waals surface area contributed by atoms with E-state index in [-0.39, 0.29) is 11.4 Å². The number of carbonyl (C=O) groups excluding carboxylic acids is 1. The molecule has 0 aliphatic carbocycles. The standard InChI is InChI=1S/C17H14ClN3O3/c1-9-3-4-11(5-15(9)22)16-7-14(21-24-16)17(23)20-13-6-12(18)8-19-10(13)2/h3-8,22H,1-2H3,(H,20,23). The average Bonchev–Trinajstić information content (AvgIpc) is 3.03. The van der Waals surface area contributed by atoms with E-state index < -0.39 is 5.91 Å². The molecule has 3 aromatic rings. The third kappa shape index (κ3) is 3.23. The number of benzene rings is 1. The molecule has 0 radical (unpaired) electrons. The van der Waals surface area contributed by atoms with Crippen molar-refractivity contribution in [2.24, 2.45) is 0 Å². The van der Waals surface area contributed by atoms with Gasteiger partial charge in [-0.05, 0) is 31.5 Å². The first-order valence-electron chi connectivity index (χ1n) is 7.14. The van der Waals surface area contributed by atoms with E-state index in [0.717, 1.165) is 5.56 Å². The van der Waals surface area contributed by atoms with E-state index >= 15 is 0 Å². The maximum Gasteiger partial charge on any atom is 0.277 e. The van der Waals surface area contributed by atoms with Crippen LogP contribution < -0.4 is 5.32 Å². The first kappa shape index (κ1) is 16.0. The van der Waals surface area contributed by atoms with E-state index in [9.17, 15) is 9.90 Å². The summed E-state index contributed by atoms with van der Waals surface area (Å²) in [5.74, 6) is 0.0976. The van der Waals surface area contributed by atoms with Crippen LogP contribution in [0.15, 0.2) is 41.1 Å². The van der Waals surface area contributed by atoms with Crippen molar-refractivity contribution in [3.63, 3.8) is 0 Å². The molecular formula is C17H14ClN3O3. The van der Waals surface area contributed by atoms with Crippen molar-refractivity contribution in [1.82, 2.24) is 10.1 Å². The van der Waals surface area contributed by atoms with Crippen molar-refractivity contribution in [2.45, 2.75) is 13.8 Å².